The van der Waals surface area contributed by atoms with Gasteiger partial charge in [-0.3, -0.25) is 0 Å². The van der Waals surface area contributed by atoms with Gasteiger partial charge in [0.25, 0.3) is 0 Å². The van der Waals surface area contributed by atoms with Gasteiger partial charge >= 0.3 is 0 Å². The predicted molar refractivity (Wildman–Crippen MR) is 83.4 cm³/mol. The summed E-state index contributed by atoms with van der Waals surface area (Å²) in [6.45, 7) is 2.35. The van der Waals surface area contributed by atoms with Crippen molar-refractivity contribution in [3.8, 4) is 0 Å². The Hall–Kier alpha value is -0.400. The fourth-order valence-electron chi connectivity index (χ4n) is 3.71. The van der Waals surface area contributed by atoms with Crippen molar-refractivity contribution in [1.29, 1.82) is 0 Å². The molecular weight excluding hydrogens is 277 g/mol. The van der Waals surface area contributed by atoms with Gasteiger partial charge in [0.2, 0.25) is 0 Å². The normalized spacial score (nSPS) is 22.1. The minimum atomic E-state index is 0.488. The topological polar surface area (TPSA) is 3.24 Å². The number of hydrogen-bond donors (Lipinski definition) is 0. The third kappa shape index (κ3) is 2.73. The molecule has 1 aromatic carbocycles. The third-order valence-electron chi connectivity index (χ3n) is 5.03. The summed E-state index contributed by atoms with van der Waals surface area (Å²) in [5.74, 6) is 0.488. The monoisotopic (exact) mass is 297 g/mol. The first-order valence-corrected chi connectivity index (χ1v) is 8.23. The van der Waals surface area contributed by atoms with E-state index in [4.69, 9.17) is 23.2 Å². The first-order valence-electron chi connectivity index (χ1n) is 7.32. The molecule has 0 amide bonds. The van der Waals surface area contributed by atoms with Gasteiger partial charge < -0.3 is 4.90 Å². The summed E-state index contributed by atoms with van der Waals surface area (Å²) in [7, 11) is 0. The molecule has 1 aromatic rings. The van der Waals surface area contributed by atoms with Gasteiger partial charge in [-0.25, -0.2) is 0 Å². The van der Waals surface area contributed by atoms with Crippen LogP contribution < -0.4 is 4.90 Å². The number of nitrogens with zero attached hydrogens (tertiary/aromatic N) is 1. The second-order valence-electron chi connectivity index (χ2n) is 6.10. The maximum Gasteiger partial charge on any atom is 0.0488 e. The van der Waals surface area contributed by atoms with Crippen LogP contribution >= 0.6 is 23.2 Å². The van der Waals surface area contributed by atoms with Crippen LogP contribution in [0.1, 0.15) is 44.1 Å². The van der Waals surface area contributed by atoms with E-state index in [0.717, 1.165) is 10.6 Å². The Bertz CT molecular complexity index is 442. The second kappa shape index (κ2) is 5.54. The summed E-state index contributed by atoms with van der Waals surface area (Å²) in [6.07, 6.45) is 8.48. The van der Waals surface area contributed by atoms with Gasteiger partial charge in [0.1, 0.15) is 0 Å². The molecular formula is C16H21Cl2N. The summed E-state index contributed by atoms with van der Waals surface area (Å²) in [6, 6.07) is 6.30. The lowest BCUT2D eigenvalue weighted by atomic mass is 9.77. The van der Waals surface area contributed by atoms with Gasteiger partial charge in [-0.1, -0.05) is 30.5 Å². The highest BCUT2D eigenvalue weighted by Crippen LogP contribution is 2.46. The fourth-order valence-corrected chi connectivity index (χ4v) is 4.25. The van der Waals surface area contributed by atoms with E-state index < -0.39 is 0 Å². The Balaban J connectivity index is 1.69. The highest BCUT2D eigenvalue weighted by Gasteiger charge is 2.36. The van der Waals surface area contributed by atoms with E-state index in [2.05, 4.69) is 23.1 Å². The zero-order chi connectivity index (χ0) is 13.3. The van der Waals surface area contributed by atoms with Crippen molar-refractivity contribution in [1.82, 2.24) is 0 Å². The summed E-state index contributed by atoms with van der Waals surface area (Å²) in [5.41, 5.74) is 2.96. The Morgan fingerprint density at radius 1 is 1.05 bits per heavy atom. The van der Waals surface area contributed by atoms with Crippen molar-refractivity contribution in [2.24, 2.45) is 5.41 Å². The van der Waals surface area contributed by atoms with E-state index >= 15 is 0 Å². The molecule has 1 saturated heterocycles. The van der Waals surface area contributed by atoms with E-state index in [9.17, 15) is 0 Å². The van der Waals surface area contributed by atoms with E-state index in [0.29, 0.717) is 11.3 Å². The number of rotatable bonds is 2. The van der Waals surface area contributed by atoms with Crippen molar-refractivity contribution in [3.63, 3.8) is 0 Å². The molecule has 1 aliphatic carbocycles. The molecule has 0 radical (unpaired) electrons. The molecule has 1 saturated carbocycles. The van der Waals surface area contributed by atoms with Crippen LogP contribution in [0.5, 0.6) is 0 Å². The first kappa shape index (κ1) is 13.6. The SMILES string of the molecule is ClCc1ccc(N2CCC3(CCCC3)CC2)cc1Cl. The molecule has 19 heavy (non-hydrogen) atoms. The summed E-state index contributed by atoms with van der Waals surface area (Å²) in [4.78, 5) is 2.48. The number of piperidine rings is 1. The Kier molecular flexibility index (Phi) is 3.96. The van der Waals surface area contributed by atoms with Crippen LogP contribution in [0.15, 0.2) is 18.2 Å². The molecule has 0 bridgehead atoms. The van der Waals surface area contributed by atoms with Crippen molar-refractivity contribution in [2.45, 2.75) is 44.4 Å². The predicted octanol–water partition coefficient (Wildman–Crippen LogP) is 5.24. The summed E-state index contributed by atoms with van der Waals surface area (Å²) in [5, 5.41) is 0.800. The molecule has 0 atom stereocenters. The van der Waals surface area contributed by atoms with Gasteiger partial charge in [0, 0.05) is 29.7 Å². The zero-order valence-electron chi connectivity index (χ0n) is 11.3. The molecule has 0 N–H and O–H groups in total. The summed E-state index contributed by atoms with van der Waals surface area (Å²) >= 11 is 12.1. The molecule has 104 valence electrons. The van der Waals surface area contributed by atoms with Gasteiger partial charge in [-0.15, -0.1) is 11.6 Å². The number of alkyl halides is 1. The standard InChI is InChI=1S/C16H21Cl2N/c17-12-13-3-4-14(11-15(13)18)19-9-7-16(8-10-19)5-1-2-6-16/h3-4,11H,1-2,5-10,12H2. The zero-order valence-corrected chi connectivity index (χ0v) is 12.8. The van der Waals surface area contributed by atoms with E-state index in [1.54, 1.807) is 0 Å². The Morgan fingerprint density at radius 2 is 1.74 bits per heavy atom. The van der Waals surface area contributed by atoms with Crippen LogP contribution in [0.2, 0.25) is 5.02 Å². The average molecular weight is 298 g/mol. The smallest absolute Gasteiger partial charge is 0.0488 e. The Labute approximate surface area is 125 Å². The van der Waals surface area contributed by atoms with Crippen molar-refractivity contribution >= 4 is 28.9 Å². The molecule has 1 nitrogen and oxygen atoms in total. The lowest BCUT2D eigenvalue weighted by Crippen LogP contribution is -2.38. The maximum atomic E-state index is 6.26. The molecule has 2 fully saturated rings. The Morgan fingerprint density at radius 3 is 2.32 bits per heavy atom. The van der Waals surface area contributed by atoms with Crippen LogP contribution in [0.3, 0.4) is 0 Å². The van der Waals surface area contributed by atoms with Crippen LogP contribution in [0.25, 0.3) is 0 Å². The number of anilines is 1. The van der Waals surface area contributed by atoms with Crippen LogP contribution in [0, 0.1) is 5.41 Å². The highest BCUT2D eigenvalue weighted by molar-refractivity contribution is 6.32. The second-order valence-corrected chi connectivity index (χ2v) is 6.78. The van der Waals surface area contributed by atoms with E-state index in [1.165, 1.54) is 57.3 Å². The largest absolute Gasteiger partial charge is 0.371 e. The van der Waals surface area contributed by atoms with Gasteiger partial charge in [-0.05, 0) is 48.8 Å². The minimum Gasteiger partial charge on any atom is -0.371 e. The molecule has 2 aliphatic rings. The molecule has 3 rings (SSSR count). The average Bonchev–Trinajstić information content (AvgIpc) is 2.88. The minimum absolute atomic E-state index is 0.488. The van der Waals surface area contributed by atoms with Gasteiger partial charge in [-0.2, -0.15) is 0 Å². The van der Waals surface area contributed by atoms with Gasteiger partial charge in [0.05, 0.1) is 0 Å². The highest BCUT2D eigenvalue weighted by atomic mass is 35.5. The van der Waals surface area contributed by atoms with Crippen molar-refractivity contribution < 1.29 is 0 Å². The molecule has 3 heteroatoms. The molecule has 1 heterocycles. The quantitative estimate of drug-likeness (QED) is 0.675. The molecule has 1 aliphatic heterocycles. The number of halogens is 2. The van der Waals surface area contributed by atoms with Crippen LogP contribution in [0.4, 0.5) is 5.69 Å². The van der Waals surface area contributed by atoms with Crippen LogP contribution in [-0.4, -0.2) is 13.1 Å². The summed E-state index contributed by atoms with van der Waals surface area (Å²) < 4.78 is 0. The maximum absolute atomic E-state index is 6.26. The van der Waals surface area contributed by atoms with E-state index in [1.807, 2.05) is 0 Å². The number of hydrogen-bond acceptors (Lipinski definition) is 1. The van der Waals surface area contributed by atoms with Gasteiger partial charge in [0.15, 0.2) is 0 Å². The fraction of sp³-hybridized carbons (Fsp3) is 0.625. The molecule has 0 aromatic heterocycles. The molecule has 0 unspecified atom stereocenters. The third-order valence-corrected chi connectivity index (χ3v) is 5.67. The van der Waals surface area contributed by atoms with E-state index in [-0.39, 0.29) is 0 Å². The molecule has 1 spiro atoms. The lowest BCUT2D eigenvalue weighted by Gasteiger charge is -2.40. The number of benzene rings is 1. The first-order chi connectivity index (χ1) is 9.22. The lowest BCUT2D eigenvalue weighted by molar-refractivity contribution is 0.226. The van der Waals surface area contributed by atoms with Crippen LogP contribution in [-0.2, 0) is 5.88 Å². The van der Waals surface area contributed by atoms with Crippen molar-refractivity contribution in [3.05, 3.63) is 28.8 Å². The van der Waals surface area contributed by atoms with Crippen molar-refractivity contribution in [2.75, 3.05) is 18.0 Å².